The summed E-state index contributed by atoms with van der Waals surface area (Å²) in [5.74, 6) is 1.05. The number of piperidine rings is 1. The van der Waals surface area contributed by atoms with Gasteiger partial charge in [0.05, 0.1) is 6.54 Å². The zero-order chi connectivity index (χ0) is 15.6. The molecule has 2 aliphatic rings. The lowest BCUT2D eigenvalue weighted by Gasteiger charge is -2.34. The smallest absolute Gasteiger partial charge is 0.252 e. The predicted octanol–water partition coefficient (Wildman–Crippen LogP) is 0.764. The molecule has 0 spiro atoms. The number of aromatic nitrogens is 2. The molecule has 1 aliphatic heterocycles. The van der Waals surface area contributed by atoms with Crippen LogP contribution in [-0.4, -0.2) is 50.8 Å². The van der Waals surface area contributed by atoms with Crippen LogP contribution in [0, 0.1) is 6.92 Å². The Morgan fingerprint density at radius 2 is 2.23 bits per heavy atom. The maximum atomic E-state index is 12.3. The van der Waals surface area contributed by atoms with Gasteiger partial charge in [-0.2, -0.15) is 4.98 Å². The largest absolute Gasteiger partial charge is 0.380 e. The minimum atomic E-state index is -1.15. The first-order valence-corrected chi connectivity index (χ1v) is 8.10. The van der Waals surface area contributed by atoms with E-state index in [1.165, 1.54) is 0 Å². The number of carbonyl (C=O) groups excluding carboxylic acids is 1. The summed E-state index contributed by atoms with van der Waals surface area (Å²) in [5, 5.41) is 17.3. The molecular weight excluding hydrogens is 284 g/mol. The molecule has 7 nitrogen and oxygen atoms in total. The first-order chi connectivity index (χ1) is 10.5. The Morgan fingerprint density at radius 1 is 1.45 bits per heavy atom. The fraction of sp³-hybridized carbons (Fsp3) is 0.800. The summed E-state index contributed by atoms with van der Waals surface area (Å²) in [6.45, 7) is 4.13. The Labute approximate surface area is 130 Å². The van der Waals surface area contributed by atoms with Gasteiger partial charge in [0.1, 0.15) is 5.60 Å². The highest BCUT2D eigenvalue weighted by Gasteiger charge is 2.39. The molecule has 1 aromatic rings. The van der Waals surface area contributed by atoms with E-state index in [1.54, 1.807) is 6.92 Å². The molecule has 0 radical (unpaired) electrons. The number of hydrogen-bond acceptors (Lipinski definition) is 6. The molecule has 1 saturated carbocycles. The van der Waals surface area contributed by atoms with E-state index in [-0.39, 0.29) is 11.9 Å². The second-order valence-electron chi connectivity index (χ2n) is 6.52. The zero-order valence-corrected chi connectivity index (χ0v) is 13.0. The van der Waals surface area contributed by atoms with Gasteiger partial charge in [-0.3, -0.25) is 9.69 Å². The van der Waals surface area contributed by atoms with Crippen molar-refractivity contribution in [2.45, 2.75) is 63.6 Å². The van der Waals surface area contributed by atoms with Crippen LogP contribution in [0.25, 0.3) is 0 Å². The maximum Gasteiger partial charge on any atom is 0.252 e. The van der Waals surface area contributed by atoms with Crippen LogP contribution in [-0.2, 0) is 11.3 Å². The molecule has 0 aromatic carbocycles. The number of aryl methyl sites for hydroxylation is 1. The number of likely N-dealkylation sites (tertiary alicyclic amines) is 1. The molecule has 1 unspecified atom stereocenters. The molecule has 122 valence electrons. The highest BCUT2D eigenvalue weighted by Crippen LogP contribution is 2.29. The van der Waals surface area contributed by atoms with Crippen molar-refractivity contribution in [3.8, 4) is 0 Å². The van der Waals surface area contributed by atoms with Gasteiger partial charge in [0, 0.05) is 19.5 Å². The van der Waals surface area contributed by atoms with E-state index < -0.39 is 5.60 Å². The first-order valence-electron chi connectivity index (χ1n) is 8.10. The van der Waals surface area contributed by atoms with Crippen molar-refractivity contribution in [2.75, 3.05) is 13.1 Å². The third-order valence-corrected chi connectivity index (χ3v) is 4.63. The summed E-state index contributed by atoms with van der Waals surface area (Å²) >= 11 is 0. The minimum absolute atomic E-state index is 0.0823. The number of nitrogens with one attached hydrogen (secondary N) is 1. The van der Waals surface area contributed by atoms with Crippen molar-refractivity contribution < 1.29 is 14.4 Å². The van der Waals surface area contributed by atoms with Gasteiger partial charge in [0.2, 0.25) is 5.89 Å². The van der Waals surface area contributed by atoms with Crippen molar-refractivity contribution >= 4 is 5.91 Å². The summed E-state index contributed by atoms with van der Waals surface area (Å²) in [6.07, 6.45) is 4.98. The van der Waals surface area contributed by atoms with Crippen LogP contribution in [0.2, 0.25) is 0 Å². The van der Waals surface area contributed by atoms with Crippen LogP contribution < -0.4 is 5.32 Å². The Hall–Kier alpha value is -1.47. The number of hydrogen-bond donors (Lipinski definition) is 2. The van der Waals surface area contributed by atoms with Gasteiger partial charge in [-0.15, -0.1) is 0 Å². The lowest BCUT2D eigenvalue weighted by molar-refractivity contribution is -0.140. The minimum Gasteiger partial charge on any atom is -0.380 e. The molecule has 1 aromatic heterocycles. The predicted molar refractivity (Wildman–Crippen MR) is 78.9 cm³/mol. The third kappa shape index (κ3) is 3.47. The summed E-state index contributed by atoms with van der Waals surface area (Å²) in [5.41, 5.74) is -1.15. The maximum absolute atomic E-state index is 12.3. The van der Waals surface area contributed by atoms with Crippen LogP contribution in [0.15, 0.2) is 4.52 Å². The van der Waals surface area contributed by atoms with E-state index in [1.807, 2.05) is 0 Å². The fourth-order valence-corrected chi connectivity index (χ4v) is 3.43. The average Bonchev–Trinajstić information content (AvgIpc) is 3.09. The van der Waals surface area contributed by atoms with Crippen LogP contribution in [0.4, 0.5) is 0 Å². The van der Waals surface area contributed by atoms with Crippen molar-refractivity contribution in [3.05, 3.63) is 11.7 Å². The summed E-state index contributed by atoms with van der Waals surface area (Å²) < 4.78 is 4.99. The molecule has 1 saturated heterocycles. The van der Waals surface area contributed by atoms with Crippen LogP contribution >= 0.6 is 0 Å². The van der Waals surface area contributed by atoms with E-state index in [4.69, 9.17) is 4.52 Å². The topological polar surface area (TPSA) is 91.5 Å². The lowest BCUT2D eigenvalue weighted by Crippen LogP contribution is -2.53. The van der Waals surface area contributed by atoms with Gasteiger partial charge in [0.25, 0.3) is 5.91 Å². The van der Waals surface area contributed by atoms with Gasteiger partial charge >= 0.3 is 0 Å². The number of carbonyl (C=O) groups is 1. The monoisotopic (exact) mass is 308 g/mol. The number of rotatable bonds is 4. The van der Waals surface area contributed by atoms with Crippen molar-refractivity contribution in [1.82, 2.24) is 20.4 Å². The molecular formula is C15H24N4O3. The number of aliphatic hydroxyl groups is 1. The standard InChI is InChI=1S/C15H24N4O3/c1-11-16-13(18-22-11)10-19-8-4-5-12(9-19)17-14(20)15(21)6-2-3-7-15/h12,21H,2-10H2,1H3,(H,17,20). The first kappa shape index (κ1) is 15.4. The molecule has 22 heavy (non-hydrogen) atoms. The van der Waals surface area contributed by atoms with Gasteiger partial charge < -0.3 is 14.9 Å². The molecule has 2 heterocycles. The lowest BCUT2D eigenvalue weighted by atomic mass is 9.99. The van der Waals surface area contributed by atoms with Crippen LogP contribution in [0.1, 0.15) is 50.2 Å². The van der Waals surface area contributed by atoms with E-state index in [0.29, 0.717) is 31.1 Å². The normalized spacial score (nSPS) is 25.3. The van der Waals surface area contributed by atoms with E-state index in [0.717, 1.165) is 38.8 Å². The number of amides is 1. The van der Waals surface area contributed by atoms with E-state index in [2.05, 4.69) is 20.4 Å². The van der Waals surface area contributed by atoms with Gasteiger partial charge in [-0.05, 0) is 45.1 Å². The molecule has 1 atom stereocenters. The van der Waals surface area contributed by atoms with Gasteiger partial charge in [0.15, 0.2) is 5.82 Å². The van der Waals surface area contributed by atoms with Crippen molar-refractivity contribution in [3.63, 3.8) is 0 Å². The zero-order valence-electron chi connectivity index (χ0n) is 13.0. The Morgan fingerprint density at radius 3 is 2.91 bits per heavy atom. The molecule has 1 aliphatic carbocycles. The van der Waals surface area contributed by atoms with Crippen LogP contribution in [0.5, 0.6) is 0 Å². The Balaban J connectivity index is 1.53. The molecule has 0 bridgehead atoms. The quantitative estimate of drug-likeness (QED) is 0.853. The molecule has 3 rings (SSSR count). The SMILES string of the molecule is Cc1nc(CN2CCCC(NC(=O)C3(O)CCCC3)C2)no1. The second-order valence-corrected chi connectivity index (χ2v) is 6.52. The second kappa shape index (κ2) is 6.34. The van der Waals surface area contributed by atoms with E-state index >= 15 is 0 Å². The molecule has 2 fully saturated rings. The Bertz CT molecular complexity index is 525. The molecule has 2 N–H and O–H groups in total. The summed E-state index contributed by atoms with van der Waals surface area (Å²) in [4.78, 5) is 18.7. The summed E-state index contributed by atoms with van der Waals surface area (Å²) in [6, 6.07) is 0.0823. The number of nitrogens with zero attached hydrogens (tertiary/aromatic N) is 3. The van der Waals surface area contributed by atoms with Gasteiger partial charge in [-0.25, -0.2) is 0 Å². The third-order valence-electron chi connectivity index (χ3n) is 4.63. The summed E-state index contributed by atoms with van der Waals surface area (Å²) in [7, 11) is 0. The highest BCUT2D eigenvalue weighted by molar-refractivity contribution is 5.85. The van der Waals surface area contributed by atoms with Crippen molar-refractivity contribution in [1.29, 1.82) is 0 Å². The van der Waals surface area contributed by atoms with E-state index in [9.17, 15) is 9.90 Å². The van der Waals surface area contributed by atoms with Crippen molar-refractivity contribution in [2.24, 2.45) is 0 Å². The average molecular weight is 308 g/mol. The van der Waals surface area contributed by atoms with Gasteiger partial charge in [-0.1, -0.05) is 5.16 Å². The molecule has 7 heteroatoms. The fourth-order valence-electron chi connectivity index (χ4n) is 3.43. The molecule has 1 amide bonds. The van der Waals surface area contributed by atoms with Crippen LogP contribution in [0.3, 0.4) is 0 Å². The highest BCUT2D eigenvalue weighted by atomic mass is 16.5. The Kier molecular flexibility index (Phi) is 4.44.